The monoisotopic (exact) mass is 380 g/mol. The van der Waals surface area contributed by atoms with E-state index in [2.05, 4.69) is 20.6 Å². The summed E-state index contributed by atoms with van der Waals surface area (Å²) in [6.07, 6.45) is 0.340. The zero-order chi connectivity index (χ0) is 19.3. The minimum atomic E-state index is -1.48. The van der Waals surface area contributed by atoms with Crippen molar-refractivity contribution in [3.63, 3.8) is 0 Å². The molecule has 26 heavy (non-hydrogen) atoms. The largest absolute Gasteiger partial charge is 0.480 e. The zero-order valence-corrected chi connectivity index (χ0v) is 13.8. The normalized spacial score (nSPS) is 11.4. The molecule has 2 aromatic rings. The molecule has 0 saturated carbocycles. The van der Waals surface area contributed by atoms with Gasteiger partial charge in [-0.15, -0.1) is 0 Å². The van der Waals surface area contributed by atoms with E-state index in [1.807, 2.05) is 0 Å². The number of hydrogen-bond acceptors (Lipinski definition) is 8. The summed E-state index contributed by atoms with van der Waals surface area (Å²) in [4.78, 5) is 40.3. The Morgan fingerprint density at radius 3 is 2.54 bits per heavy atom. The Balaban J connectivity index is 2.32. The van der Waals surface area contributed by atoms with Crippen LogP contribution in [0.3, 0.4) is 0 Å². The molecule has 0 aliphatic carbocycles. The van der Waals surface area contributed by atoms with Gasteiger partial charge in [-0.1, -0.05) is 11.6 Å². The molecule has 1 unspecified atom stereocenters. The van der Waals surface area contributed by atoms with Crippen LogP contribution >= 0.6 is 11.6 Å². The number of nitro groups is 1. The molecular weight excluding hydrogens is 368 g/mol. The van der Waals surface area contributed by atoms with Crippen molar-refractivity contribution in [2.45, 2.75) is 12.5 Å². The minimum absolute atomic E-state index is 0.0244. The highest BCUT2D eigenvalue weighted by Gasteiger charge is 2.25. The predicted molar refractivity (Wildman–Crippen MR) is 92.3 cm³/mol. The maximum atomic E-state index is 11.2. The summed E-state index contributed by atoms with van der Waals surface area (Å²) in [6, 6.07) is 5.01. The van der Waals surface area contributed by atoms with Gasteiger partial charge in [0.2, 0.25) is 17.7 Å². The molecule has 12 heteroatoms. The molecule has 0 aliphatic rings. The molecule has 1 atom stereocenters. The molecule has 0 saturated heterocycles. The van der Waals surface area contributed by atoms with E-state index >= 15 is 0 Å². The maximum Gasteiger partial charge on any atom is 0.329 e. The van der Waals surface area contributed by atoms with Gasteiger partial charge in [-0.3, -0.25) is 14.9 Å². The van der Waals surface area contributed by atoms with Gasteiger partial charge in [0.15, 0.2) is 0 Å². The number of amides is 1. The number of carbonyl (C=O) groups is 2. The number of aliphatic carboxylic acids is 1. The SMILES string of the molecule is NC(=O)CC(Nc1nc(Nc2ccc(Cl)cc2)ncc1[N+](=O)[O-])C(=O)O. The second-order valence-electron chi connectivity index (χ2n) is 5.02. The third-order valence-electron chi connectivity index (χ3n) is 3.08. The fourth-order valence-electron chi connectivity index (χ4n) is 1.90. The summed E-state index contributed by atoms with van der Waals surface area (Å²) in [6.45, 7) is 0. The van der Waals surface area contributed by atoms with Gasteiger partial charge in [0.25, 0.3) is 0 Å². The molecule has 1 heterocycles. The first-order chi connectivity index (χ1) is 12.3. The van der Waals surface area contributed by atoms with Gasteiger partial charge >= 0.3 is 11.7 Å². The molecular formula is C14H13ClN6O5. The second kappa shape index (κ2) is 8.07. The smallest absolute Gasteiger partial charge is 0.329 e. The van der Waals surface area contributed by atoms with Crippen molar-refractivity contribution < 1.29 is 19.6 Å². The van der Waals surface area contributed by atoms with E-state index in [1.165, 1.54) is 0 Å². The number of hydrogen-bond donors (Lipinski definition) is 4. The van der Waals surface area contributed by atoms with Crippen LogP contribution in [0.4, 0.5) is 23.1 Å². The lowest BCUT2D eigenvalue weighted by atomic mass is 10.2. The Hall–Kier alpha value is -3.47. The second-order valence-corrected chi connectivity index (χ2v) is 5.46. The number of aromatic nitrogens is 2. The molecule has 1 amide bonds. The molecule has 11 nitrogen and oxygen atoms in total. The summed E-state index contributed by atoms with van der Waals surface area (Å²) < 4.78 is 0. The Labute approximate surface area is 151 Å². The summed E-state index contributed by atoms with van der Waals surface area (Å²) in [5, 5.41) is 25.9. The molecule has 1 aromatic carbocycles. The van der Waals surface area contributed by atoms with Crippen molar-refractivity contribution in [3.05, 3.63) is 45.6 Å². The highest BCUT2D eigenvalue weighted by molar-refractivity contribution is 6.30. The van der Waals surface area contributed by atoms with Gasteiger partial charge in [0, 0.05) is 10.7 Å². The lowest BCUT2D eigenvalue weighted by Crippen LogP contribution is -2.34. The number of nitrogens with two attached hydrogens (primary N) is 1. The van der Waals surface area contributed by atoms with Gasteiger partial charge in [-0.05, 0) is 24.3 Å². The van der Waals surface area contributed by atoms with Crippen LogP contribution in [0.2, 0.25) is 5.02 Å². The van der Waals surface area contributed by atoms with Crippen molar-refractivity contribution in [1.82, 2.24) is 9.97 Å². The summed E-state index contributed by atoms with van der Waals surface area (Å²) in [5.74, 6) is -2.69. The fraction of sp³-hybridized carbons (Fsp3) is 0.143. The molecule has 0 bridgehead atoms. The highest BCUT2D eigenvalue weighted by Crippen LogP contribution is 2.25. The van der Waals surface area contributed by atoms with Gasteiger partial charge in [-0.25, -0.2) is 9.78 Å². The average molecular weight is 381 g/mol. The van der Waals surface area contributed by atoms with Crippen LogP contribution in [0.25, 0.3) is 0 Å². The lowest BCUT2D eigenvalue weighted by molar-refractivity contribution is -0.384. The fourth-order valence-corrected chi connectivity index (χ4v) is 2.03. The summed E-state index contributed by atoms with van der Waals surface area (Å²) in [7, 11) is 0. The lowest BCUT2D eigenvalue weighted by Gasteiger charge is -2.14. The highest BCUT2D eigenvalue weighted by atomic mass is 35.5. The van der Waals surface area contributed by atoms with Crippen LogP contribution in [0, 0.1) is 10.1 Å². The number of rotatable bonds is 8. The van der Waals surface area contributed by atoms with Gasteiger partial charge < -0.3 is 21.5 Å². The number of nitrogens with zero attached hydrogens (tertiary/aromatic N) is 3. The van der Waals surface area contributed by atoms with Crippen molar-refractivity contribution in [2.75, 3.05) is 10.6 Å². The molecule has 0 spiro atoms. The first kappa shape index (κ1) is 18.9. The van der Waals surface area contributed by atoms with Crippen molar-refractivity contribution in [1.29, 1.82) is 0 Å². The van der Waals surface area contributed by atoms with Crippen LogP contribution in [0.1, 0.15) is 6.42 Å². The van der Waals surface area contributed by atoms with Crippen LogP contribution in [0.15, 0.2) is 30.5 Å². The van der Waals surface area contributed by atoms with E-state index in [1.54, 1.807) is 24.3 Å². The van der Waals surface area contributed by atoms with E-state index < -0.39 is 34.9 Å². The molecule has 2 rings (SSSR count). The third-order valence-corrected chi connectivity index (χ3v) is 3.33. The molecule has 136 valence electrons. The number of benzene rings is 1. The van der Waals surface area contributed by atoms with E-state index in [0.29, 0.717) is 10.7 Å². The van der Waals surface area contributed by atoms with E-state index in [4.69, 9.17) is 22.4 Å². The molecule has 0 fully saturated rings. The predicted octanol–water partition coefficient (Wildman–Crippen LogP) is 1.52. The molecule has 5 N–H and O–H groups in total. The van der Waals surface area contributed by atoms with E-state index in [-0.39, 0.29) is 11.8 Å². The van der Waals surface area contributed by atoms with Gasteiger partial charge in [0.1, 0.15) is 12.2 Å². The number of halogens is 1. The molecule has 0 radical (unpaired) electrons. The number of anilines is 3. The van der Waals surface area contributed by atoms with Crippen LogP contribution < -0.4 is 16.4 Å². The maximum absolute atomic E-state index is 11.2. The van der Waals surface area contributed by atoms with Crippen molar-refractivity contribution >= 4 is 46.6 Å². The average Bonchev–Trinajstić information content (AvgIpc) is 2.56. The number of nitrogens with one attached hydrogen (secondary N) is 2. The van der Waals surface area contributed by atoms with Crippen LogP contribution in [0.5, 0.6) is 0 Å². The Morgan fingerprint density at radius 2 is 2.00 bits per heavy atom. The Kier molecular flexibility index (Phi) is 5.86. The molecule has 0 aliphatic heterocycles. The zero-order valence-electron chi connectivity index (χ0n) is 13.0. The first-order valence-corrected chi connectivity index (χ1v) is 7.45. The Bertz CT molecular complexity index is 844. The Morgan fingerprint density at radius 1 is 1.35 bits per heavy atom. The topological polar surface area (TPSA) is 173 Å². The standard InChI is InChI=1S/C14H13ClN6O5/c15-7-1-3-8(4-2-7)18-14-17-6-10(21(25)26)12(20-14)19-9(13(23)24)5-11(16)22/h1-4,6,9H,5H2,(H2,16,22)(H,23,24)(H2,17,18,19,20). The van der Waals surface area contributed by atoms with Crippen LogP contribution in [-0.2, 0) is 9.59 Å². The van der Waals surface area contributed by atoms with E-state index in [0.717, 1.165) is 6.20 Å². The summed E-state index contributed by atoms with van der Waals surface area (Å²) >= 11 is 5.79. The van der Waals surface area contributed by atoms with Crippen molar-refractivity contribution in [3.8, 4) is 0 Å². The molecule has 1 aromatic heterocycles. The first-order valence-electron chi connectivity index (χ1n) is 7.08. The van der Waals surface area contributed by atoms with Crippen LogP contribution in [-0.4, -0.2) is 37.9 Å². The van der Waals surface area contributed by atoms with Crippen molar-refractivity contribution in [2.24, 2.45) is 5.73 Å². The number of carboxylic acids is 1. The third kappa shape index (κ3) is 5.01. The van der Waals surface area contributed by atoms with Gasteiger partial charge in [0.05, 0.1) is 11.3 Å². The van der Waals surface area contributed by atoms with Gasteiger partial charge in [-0.2, -0.15) is 4.98 Å². The summed E-state index contributed by atoms with van der Waals surface area (Å²) in [5.41, 5.74) is 5.00. The quantitative estimate of drug-likeness (QED) is 0.391. The number of primary amides is 1. The number of carbonyl (C=O) groups excluding carboxylic acids is 1. The number of carboxylic acid groups (broad SMARTS) is 1. The minimum Gasteiger partial charge on any atom is -0.480 e. The van der Waals surface area contributed by atoms with E-state index in [9.17, 15) is 19.7 Å².